The Labute approximate surface area is 164 Å². The number of guanidine groups is 1. The lowest BCUT2D eigenvalue weighted by atomic mass is 10.1. The van der Waals surface area contributed by atoms with Crippen LogP contribution in [-0.2, 0) is 6.42 Å². The maximum atomic E-state index is 5.46. The number of benzene rings is 1. The molecule has 152 valence electrons. The zero-order valence-corrected chi connectivity index (χ0v) is 17.4. The summed E-state index contributed by atoms with van der Waals surface area (Å²) in [7, 11) is 3.38. The Morgan fingerprint density at radius 1 is 1.19 bits per heavy atom. The first kappa shape index (κ1) is 21.4. The number of methoxy groups -OCH3 is 2. The number of rotatable bonds is 9. The summed E-state index contributed by atoms with van der Waals surface area (Å²) < 4.78 is 10.8. The summed E-state index contributed by atoms with van der Waals surface area (Å²) in [5.74, 6) is 2.64. The summed E-state index contributed by atoms with van der Waals surface area (Å²) >= 11 is 0. The van der Waals surface area contributed by atoms with Crippen LogP contribution in [0.5, 0.6) is 11.5 Å². The standard InChI is InChI=1S/C21H36N4O2/c1-5-13-25-14-10-18(11-15-25)24-21(22-6-2)23-12-9-17-16-19(26-3)7-8-20(17)27-4/h7-8,16,18H,5-6,9-15H2,1-4H3,(H2,22,23,24). The first-order valence-corrected chi connectivity index (χ1v) is 10.2. The zero-order valence-electron chi connectivity index (χ0n) is 17.4. The van der Waals surface area contributed by atoms with Gasteiger partial charge in [-0.2, -0.15) is 0 Å². The molecule has 27 heavy (non-hydrogen) atoms. The number of ether oxygens (including phenoxy) is 2. The third-order valence-electron chi connectivity index (χ3n) is 4.95. The molecule has 2 N–H and O–H groups in total. The zero-order chi connectivity index (χ0) is 19.5. The summed E-state index contributed by atoms with van der Waals surface area (Å²) in [6.45, 7) is 9.47. The van der Waals surface area contributed by atoms with Gasteiger partial charge < -0.3 is 25.0 Å². The molecular formula is C21H36N4O2. The van der Waals surface area contributed by atoms with Gasteiger partial charge in [0.2, 0.25) is 0 Å². The minimum absolute atomic E-state index is 0.502. The smallest absolute Gasteiger partial charge is 0.191 e. The lowest BCUT2D eigenvalue weighted by molar-refractivity contribution is 0.206. The Morgan fingerprint density at radius 2 is 1.96 bits per heavy atom. The predicted octanol–water partition coefficient (Wildman–Crippen LogP) is 2.68. The lowest BCUT2D eigenvalue weighted by Crippen LogP contribution is -2.48. The van der Waals surface area contributed by atoms with Crippen molar-refractivity contribution < 1.29 is 9.47 Å². The number of hydrogen-bond acceptors (Lipinski definition) is 4. The van der Waals surface area contributed by atoms with Crippen LogP contribution in [0.2, 0.25) is 0 Å². The van der Waals surface area contributed by atoms with E-state index in [2.05, 4.69) is 29.4 Å². The van der Waals surface area contributed by atoms with E-state index in [4.69, 9.17) is 14.5 Å². The maximum Gasteiger partial charge on any atom is 0.191 e. The molecule has 1 aliphatic rings. The highest BCUT2D eigenvalue weighted by atomic mass is 16.5. The largest absolute Gasteiger partial charge is 0.497 e. The van der Waals surface area contributed by atoms with Crippen LogP contribution in [-0.4, -0.2) is 63.8 Å². The number of hydrogen-bond donors (Lipinski definition) is 2. The van der Waals surface area contributed by atoms with Gasteiger partial charge in [-0.15, -0.1) is 0 Å². The van der Waals surface area contributed by atoms with E-state index in [0.29, 0.717) is 12.6 Å². The molecule has 0 aromatic heterocycles. The second-order valence-electron chi connectivity index (χ2n) is 6.95. The van der Waals surface area contributed by atoms with Crippen LogP contribution < -0.4 is 20.1 Å². The van der Waals surface area contributed by atoms with E-state index in [0.717, 1.165) is 36.0 Å². The van der Waals surface area contributed by atoms with E-state index < -0.39 is 0 Å². The molecule has 0 atom stereocenters. The Kier molecular flexibility index (Phi) is 9.25. The van der Waals surface area contributed by atoms with Gasteiger partial charge in [0.05, 0.1) is 14.2 Å². The van der Waals surface area contributed by atoms with Crippen LogP contribution in [0.4, 0.5) is 0 Å². The van der Waals surface area contributed by atoms with Gasteiger partial charge in [-0.3, -0.25) is 4.99 Å². The molecule has 1 aromatic carbocycles. The van der Waals surface area contributed by atoms with E-state index in [1.165, 1.54) is 38.9 Å². The molecule has 1 fully saturated rings. The molecule has 6 heteroatoms. The van der Waals surface area contributed by atoms with E-state index >= 15 is 0 Å². The Hall–Kier alpha value is -1.95. The molecule has 0 aliphatic carbocycles. The second kappa shape index (κ2) is 11.7. The number of likely N-dealkylation sites (tertiary alicyclic amines) is 1. The van der Waals surface area contributed by atoms with E-state index in [-0.39, 0.29) is 0 Å². The first-order valence-electron chi connectivity index (χ1n) is 10.2. The first-order chi connectivity index (χ1) is 13.2. The van der Waals surface area contributed by atoms with Crippen LogP contribution in [0.15, 0.2) is 23.2 Å². The predicted molar refractivity (Wildman–Crippen MR) is 112 cm³/mol. The quantitative estimate of drug-likeness (QED) is 0.513. The monoisotopic (exact) mass is 376 g/mol. The fourth-order valence-electron chi connectivity index (χ4n) is 3.50. The number of piperidine rings is 1. The van der Waals surface area contributed by atoms with Gasteiger partial charge in [-0.25, -0.2) is 0 Å². The molecule has 0 unspecified atom stereocenters. The normalized spacial score (nSPS) is 16.2. The number of aliphatic imine (C=N–C) groups is 1. The van der Waals surface area contributed by atoms with Gasteiger partial charge >= 0.3 is 0 Å². The Morgan fingerprint density at radius 3 is 2.59 bits per heavy atom. The maximum absolute atomic E-state index is 5.46. The summed E-state index contributed by atoms with van der Waals surface area (Å²) in [6, 6.07) is 6.40. The number of nitrogens with zero attached hydrogens (tertiary/aromatic N) is 2. The van der Waals surface area contributed by atoms with Gasteiger partial charge in [-0.05, 0) is 62.9 Å². The molecule has 2 rings (SSSR count). The third-order valence-corrected chi connectivity index (χ3v) is 4.95. The van der Waals surface area contributed by atoms with E-state index in [1.54, 1.807) is 14.2 Å². The van der Waals surface area contributed by atoms with Crippen LogP contribution in [0.25, 0.3) is 0 Å². The molecule has 0 amide bonds. The summed E-state index contributed by atoms with van der Waals surface area (Å²) in [5, 5.41) is 6.99. The van der Waals surface area contributed by atoms with Gasteiger partial charge in [-0.1, -0.05) is 6.92 Å². The molecule has 1 aliphatic heterocycles. The van der Waals surface area contributed by atoms with E-state index in [9.17, 15) is 0 Å². The Bertz CT molecular complexity index is 584. The average Bonchev–Trinajstić information content (AvgIpc) is 2.69. The minimum atomic E-state index is 0.502. The van der Waals surface area contributed by atoms with Gasteiger partial charge in [0.15, 0.2) is 5.96 Å². The molecular weight excluding hydrogens is 340 g/mol. The fourth-order valence-corrected chi connectivity index (χ4v) is 3.50. The topological polar surface area (TPSA) is 58.1 Å². The molecule has 1 heterocycles. The van der Waals surface area contributed by atoms with Crippen molar-refractivity contribution >= 4 is 5.96 Å². The Balaban J connectivity index is 1.90. The van der Waals surface area contributed by atoms with Crippen molar-refractivity contribution in [3.05, 3.63) is 23.8 Å². The van der Waals surface area contributed by atoms with Gasteiger partial charge in [0, 0.05) is 32.2 Å². The SMILES string of the molecule is CCCN1CCC(NC(=NCCc2cc(OC)ccc2OC)NCC)CC1. The van der Waals surface area contributed by atoms with E-state index in [1.807, 2.05) is 18.2 Å². The van der Waals surface area contributed by atoms with Crippen molar-refractivity contribution in [2.45, 2.75) is 45.6 Å². The summed E-state index contributed by atoms with van der Waals surface area (Å²) in [4.78, 5) is 7.33. The third kappa shape index (κ3) is 6.94. The summed E-state index contributed by atoms with van der Waals surface area (Å²) in [5.41, 5.74) is 1.12. The van der Waals surface area contributed by atoms with Gasteiger partial charge in [0.25, 0.3) is 0 Å². The summed E-state index contributed by atoms with van der Waals surface area (Å²) in [6.07, 6.45) is 4.39. The molecule has 0 radical (unpaired) electrons. The minimum Gasteiger partial charge on any atom is -0.497 e. The highest BCUT2D eigenvalue weighted by molar-refractivity contribution is 5.80. The van der Waals surface area contributed by atoms with Crippen molar-refractivity contribution in [3.8, 4) is 11.5 Å². The molecule has 0 spiro atoms. The van der Waals surface area contributed by atoms with Crippen molar-refractivity contribution in [1.82, 2.24) is 15.5 Å². The molecule has 0 saturated carbocycles. The van der Waals surface area contributed by atoms with Gasteiger partial charge in [0.1, 0.15) is 11.5 Å². The van der Waals surface area contributed by atoms with Crippen molar-refractivity contribution in [2.75, 3.05) is 46.9 Å². The second-order valence-corrected chi connectivity index (χ2v) is 6.95. The van der Waals surface area contributed by atoms with Crippen LogP contribution in [0.1, 0.15) is 38.7 Å². The van der Waals surface area contributed by atoms with Crippen molar-refractivity contribution in [1.29, 1.82) is 0 Å². The molecule has 1 saturated heterocycles. The van der Waals surface area contributed by atoms with Crippen LogP contribution >= 0.6 is 0 Å². The highest BCUT2D eigenvalue weighted by Crippen LogP contribution is 2.24. The van der Waals surface area contributed by atoms with Crippen molar-refractivity contribution in [2.24, 2.45) is 4.99 Å². The van der Waals surface area contributed by atoms with Crippen molar-refractivity contribution in [3.63, 3.8) is 0 Å². The fraction of sp³-hybridized carbons (Fsp3) is 0.667. The molecule has 1 aromatic rings. The molecule has 6 nitrogen and oxygen atoms in total. The van der Waals surface area contributed by atoms with Crippen LogP contribution in [0.3, 0.4) is 0 Å². The average molecular weight is 377 g/mol. The van der Waals surface area contributed by atoms with Crippen LogP contribution in [0, 0.1) is 0 Å². The highest BCUT2D eigenvalue weighted by Gasteiger charge is 2.19. The lowest BCUT2D eigenvalue weighted by Gasteiger charge is -2.32. The molecule has 0 bridgehead atoms. The number of nitrogens with one attached hydrogen (secondary N) is 2.